The molecule has 0 saturated heterocycles. The van der Waals surface area contributed by atoms with Crippen molar-refractivity contribution < 1.29 is 23.8 Å². The SMILES string of the molecule is COc1cc(C=NNC(=O)COc2cccc(Cl)c2Cl)ccc1OC(=O)c1ccc(Cl)cc1Cl. The van der Waals surface area contributed by atoms with Crippen molar-refractivity contribution >= 4 is 64.5 Å². The highest BCUT2D eigenvalue weighted by molar-refractivity contribution is 6.43. The molecule has 0 bridgehead atoms. The number of hydrogen-bond donors (Lipinski definition) is 1. The highest BCUT2D eigenvalue weighted by Gasteiger charge is 2.16. The van der Waals surface area contributed by atoms with Crippen molar-refractivity contribution in [3.05, 3.63) is 85.8 Å². The minimum atomic E-state index is -0.673. The van der Waals surface area contributed by atoms with Gasteiger partial charge in [0.25, 0.3) is 5.91 Å². The van der Waals surface area contributed by atoms with Crippen molar-refractivity contribution in [2.75, 3.05) is 13.7 Å². The molecule has 3 aromatic carbocycles. The highest BCUT2D eigenvalue weighted by atomic mass is 35.5. The number of carbonyl (C=O) groups is 2. The molecule has 176 valence electrons. The first-order valence-electron chi connectivity index (χ1n) is 9.52. The van der Waals surface area contributed by atoms with Crippen molar-refractivity contribution in [3.63, 3.8) is 0 Å². The van der Waals surface area contributed by atoms with E-state index >= 15 is 0 Å². The zero-order chi connectivity index (χ0) is 24.7. The standard InChI is InChI=1S/C23H16Cl4N2O5/c1-32-20-9-13(5-8-18(20)34-23(31)15-7-6-14(24)10-17(15)26)11-28-29-21(30)12-33-19-4-2-3-16(25)22(19)27/h2-11H,12H2,1H3,(H,29,30). The monoisotopic (exact) mass is 540 g/mol. The van der Waals surface area contributed by atoms with Crippen LogP contribution in [0.15, 0.2) is 59.7 Å². The Morgan fingerprint density at radius 3 is 2.47 bits per heavy atom. The number of amides is 1. The Labute approximate surface area is 215 Å². The molecule has 34 heavy (non-hydrogen) atoms. The molecule has 0 aliphatic rings. The molecule has 0 heterocycles. The second kappa shape index (κ2) is 11.9. The highest BCUT2D eigenvalue weighted by Crippen LogP contribution is 2.31. The van der Waals surface area contributed by atoms with Crippen LogP contribution in [-0.2, 0) is 4.79 Å². The molecule has 3 rings (SSSR count). The van der Waals surface area contributed by atoms with Crippen LogP contribution < -0.4 is 19.6 Å². The number of methoxy groups -OCH3 is 1. The van der Waals surface area contributed by atoms with E-state index in [0.717, 1.165) is 0 Å². The Morgan fingerprint density at radius 1 is 0.941 bits per heavy atom. The number of halogens is 4. The summed E-state index contributed by atoms with van der Waals surface area (Å²) in [6, 6.07) is 14.0. The molecule has 0 aromatic heterocycles. The molecule has 0 fully saturated rings. The van der Waals surface area contributed by atoms with E-state index in [1.807, 2.05) is 0 Å². The van der Waals surface area contributed by atoms with E-state index in [-0.39, 0.29) is 39.5 Å². The van der Waals surface area contributed by atoms with Gasteiger partial charge < -0.3 is 14.2 Å². The molecule has 11 heteroatoms. The molecule has 0 aliphatic heterocycles. The topological polar surface area (TPSA) is 86.2 Å². The summed E-state index contributed by atoms with van der Waals surface area (Å²) in [5.41, 5.74) is 3.05. The number of carbonyl (C=O) groups excluding carboxylic acids is 2. The molecular weight excluding hydrogens is 526 g/mol. The van der Waals surface area contributed by atoms with Crippen LogP contribution in [0.25, 0.3) is 0 Å². The minimum Gasteiger partial charge on any atom is -0.493 e. The van der Waals surface area contributed by atoms with Crippen molar-refractivity contribution in [2.45, 2.75) is 0 Å². The smallest absolute Gasteiger partial charge is 0.345 e. The molecule has 1 amide bonds. The summed E-state index contributed by atoms with van der Waals surface area (Å²) in [6.45, 7) is -0.317. The zero-order valence-corrected chi connectivity index (χ0v) is 20.5. The predicted molar refractivity (Wildman–Crippen MR) is 132 cm³/mol. The summed E-state index contributed by atoms with van der Waals surface area (Å²) in [6.07, 6.45) is 1.38. The Kier molecular flexibility index (Phi) is 9.01. The molecule has 0 unspecified atom stereocenters. The number of rotatable bonds is 8. The van der Waals surface area contributed by atoms with Gasteiger partial charge in [0.1, 0.15) is 10.8 Å². The maximum Gasteiger partial charge on any atom is 0.345 e. The van der Waals surface area contributed by atoms with E-state index < -0.39 is 11.9 Å². The molecule has 0 aliphatic carbocycles. The number of benzene rings is 3. The van der Waals surface area contributed by atoms with Gasteiger partial charge in [0.15, 0.2) is 18.1 Å². The van der Waals surface area contributed by atoms with Crippen LogP contribution in [0, 0.1) is 0 Å². The zero-order valence-electron chi connectivity index (χ0n) is 17.5. The van der Waals surface area contributed by atoms with Crippen molar-refractivity contribution in [2.24, 2.45) is 5.10 Å². The molecule has 7 nitrogen and oxygen atoms in total. The molecule has 0 radical (unpaired) electrons. The van der Waals surface area contributed by atoms with Gasteiger partial charge in [0.05, 0.1) is 28.9 Å². The third-order valence-electron chi connectivity index (χ3n) is 4.22. The maximum absolute atomic E-state index is 12.4. The fraction of sp³-hybridized carbons (Fsp3) is 0.0870. The van der Waals surface area contributed by atoms with E-state index in [4.69, 9.17) is 60.6 Å². The average molecular weight is 542 g/mol. The lowest BCUT2D eigenvalue weighted by molar-refractivity contribution is -0.123. The Bertz CT molecular complexity index is 1250. The van der Waals surface area contributed by atoms with Crippen molar-refractivity contribution in [3.8, 4) is 17.2 Å². The van der Waals surface area contributed by atoms with Crippen LogP contribution >= 0.6 is 46.4 Å². The third-order valence-corrected chi connectivity index (χ3v) is 5.57. The number of hydrazone groups is 1. The molecule has 0 atom stereocenters. The van der Waals surface area contributed by atoms with Gasteiger partial charge in [-0.2, -0.15) is 5.10 Å². The van der Waals surface area contributed by atoms with Crippen molar-refractivity contribution in [1.29, 1.82) is 0 Å². The van der Waals surface area contributed by atoms with Gasteiger partial charge in [-0.05, 0) is 54.1 Å². The second-order valence-electron chi connectivity index (χ2n) is 6.56. The van der Waals surface area contributed by atoms with Gasteiger partial charge in [0.2, 0.25) is 0 Å². The van der Waals surface area contributed by atoms with Crippen LogP contribution in [0.4, 0.5) is 0 Å². The van der Waals surface area contributed by atoms with Crippen LogP contribution in [0.1, 0.15) is 15.9 Å². The summed E-state index contributed by atoms with van der Waals surface area (Å²) in [4.78, 5) is 24.4. The quantitative estimate of drug-likeness (QED) is 0.162. The lowest BCUT2D eigenvalue weighted by Crippen LogP contribution is -2.24. The van der Waals surface area contributed by atoms with E-state index in [9.17, 15) is 9.59 Å². The van der Waals surface area contributed by atoms with Crippen molar-refractivity contribution in [1.82, 2.24) is 5.43 Å². The Balaban J connectivity index is 1.59. The summed E-state index contributed by atoms with van der Waals surface area (Å²) < 4.78 is 16.0. The van der Waals surface area contributed by atoms with Crippen LogP contribution in [0.3, 0.4) is 0 Å². The van der Waals surface area contributed by atoms with E-state index in [0.29, 0.717) is 15.6 Å². The number of ether oxygens (including phenoxy) is 3. The summed E-state index contributed by atoms with van der Waals surface area (Å²) in [7, 11) is 1.42. The van der Waals surface area contributed by atoms with E-state index in [2.05, 4.69) is 10.5 Å². The van der Waals surface area contributed by atoms with Gasteiger partial charge in [0, 0.05) is 5.02 Å². The Morgan fingerprint density at radius 2 is 1.74 bits per heavy atom. The van der Waals surface area contributed by atoms with Gasteiger partial charge >= 0.3 is 5.97 Å². The van der Waals surface area contributed by atoms with Crippen LogP contribution in [0.5, 0.6) is 17.2 Å². The average Bonchev–Trinajstić information content (AvgIpc) is 2.80. The molecule has 0 spiro atoms. The molecule has 3 aromatic rings. The number of nitrogens with one attached hydrogen (secondary N) is 1. The maximum atomic E-state index is 12.4. The van der Waals surface area contributed by atoms with Gasteiger partial charge in [-0.1, -0.05) is 52.5 Å². The number of esters is 1. The molecular formula is C23H16Cl4N2O5. The number of hydrogen-bond acceptors (Lipinski definition) is 6. The van der Waals surface area contributed by atoms with Gasteiger partial charge in [-0.25, -0.2) is 10.2 Å². The first-order valence-corrected chi connectivity index (χ1v) is 11.0. The first-order chi connectivity index (χ1) is 16.3. The van der Waals surface area contributed by atoms with Crippen LogP contribution in [-0.4, -0.2) is 31.8 Å². The molecule has 1 N–H and O–H groups in total. The fourth-order valence-corrected chi connectivity index (χ4v) is 3.44. The van der Waals surface area contributed by atoms with E-state index in [1.54, 1.807) is 30.3 Å². The lowest BCUT2D eigenvalue weighted by atomic mass is 10.2. The Hall–Kier alpha value is -2.97. The number of nitrogens with zero attached hydrogens (tertiary/aromatic N) is 1. The summed E-state index contributed by atoms with van der Waals surface area (Å²) in [5.74, 6) is -0.458. The fourth-order valence-electron chi connectivity index (χ4n) is 2.61. The summed E-state index contributed by atoms with van der Waals surface area (Å²) in [5, 5.41) is 4.96. The van der Waals surface area contributed by atoms with Gasteiger partial charge in [-0.15, -0.1) is 0 Å². The second-order valence-corrected chi connectivity index (χ2v) is 8.19. The minimum absolute atomic E-state index is 0.155. The largest absolute Gasteiger partial charge is 0.493 e. The third kappa shape index (κ3) is 6.77. The predicted octanol–water partition coefficient (Wildman–Crippen LogP) is 6.06. The lowest BCUT2D eigenvalue weighted by Gasteiger charge is -2.11. The first kappa shape index (κ1) is 25.6. The van der Waals surface area contributed by atoms with Crippen LogP contribution in [0.2, 0.25) is 20.1 Å². The normalized spacial score (nSPS) is 10.7. The van der Waals surface area contributed by atoms with E-state index in [1.165, 1.54) is 37.6 Å². The summed E-state index contributed by atoms with van der Waals surface area (Å²) >= 11 is 23.8. The molecule has 0 saturated carbocycles. The van der Waals surface area contributed by atoms with Gasteiger partial charge in [-0.3, -0.25) is 4.79 Å².